The van der Waals surface area contributed by atoms with Gasteiger partial charge in [0.1, 0.15) is 0 Å². The van der Waals surface area contributed by atoms with Gasteiger partial charge in [0.25, 0.3) is 0 Å². The van der Waals surface area contributed by atoms with Crippen LogP contribution in [-0.2, 0) is 10.2 Å². The first kappa shape index (κ1) is 24.8. The third-order valence-corrected chi connectivity index (χ3v) is 6.09. The van der Waals surface area contributed by atoms with Gasteiger partial charge >= 0.3 is 5.97 Å². The fourth-order valence-corrected chi connectivity index (χ4v) is 4.18. The maximum Gasteiger partial charge on any atom is 0.303 e. The molecule has 0 aromatic heterocycles. The Morgan fingerprint density at radius 3 is 2.48 bits per heavy atom. The lowest BCUT2D eigenvalue weighted by atomic mass is 9.77. The van der Waals surface area contributed by atoms with Crippen LogP contribution in [0.2, 0.25) is 0 Å². The van der Waals surface area contributed by atoms with Gasteiger partial charge in [0.05, 0.1) is 6.42 Å². The first-order valence-electron chi connectivity index (χ1n) is 10.8. The average Bonchev–Trinajstić information content (AvgIpc) is 2.72. The number of aliphatic hydroxyl groups is 1. The topological polar surface area (TPSA) is 81.6 Å². The number of hydrogen-bond acceptors (Lipinski definition) is 3. The molecule has 2 unspecified atom stereocenters. The van der Waals surface area contributed by atoms with Crippen LogP contribution >= 0.6 is 12.2 Å². The number of hydrogen-bond donors (Lipinski definition) is 4. The minimum atomic E-state index is -0.788. The second-order valence-electron chi connectivity index (χ2n) is 8.37. The van der Waals surface area contributed by atoms with Gasteiger partial charge in [0.2, 0.25) is 0 Å². The Bertz CT molecular complexity index is 872. The Labute approximate surface area is 190 Å². The number of carboxylic acid groups (broad SMARTS) is 1. The van der Waals surface area contributed by atoms with Crippen LogP contribution in [0.25, 0.3) is 0 Å². The minimum absolute atomic E-state index is 0.0236. The van der Waals surface area contributed by atoms with Gasteiger partial charge in [-0.1, -0.05) is 50.2 Å². The standard InChI is InChI=1S/C25H34N2O3S/c1-4-19(17-23(29)30)20-14-18(2)15-22(16-20)27-24(31)26-12-10-25(3,11-13-28)21-8-6-5-7-9-21/h5-9,14-16,19,28H,4,10-13,17H2,1-3H3,(H,29,30)(H2,26,27,31). The highest BCUT2D eigenvalue weighted by atomic mass is 32.1. The van der Waals surface area contributed by atoms with Crippen LogP contribution in [-0.4, -0.2) is 34.4 Å². The molecule has 0 amide bonds. The zero-order chi connectivity index (χ0) is 22.9. The fourth-order valence-electron chi connectivity index (χ4n) is 3.96. The number of aryl methyl sites for hydroxylation is 1. The number of rotatable bonds is 11. The van der Waals surface area contributed by atoms with E-state index in [1.54, 1.807) is 0 Å². The monoisotopic (exact) mass is 442 g/mol. The lowest BCUT2D eigenvalue weighted by molar-refractivity contribution is -0.137. The summed E-state index contributed by atoms with van der Waals surface area (Å²) in [6.07, 6.45) is 2.39. The third-order valence-electron chi connectivity index (χ3n) is 5.84. The van der Waals surface area contributed by atoms with Crippen molar-refractivity contribution in [3.05, 3.63) is 65.2 Å². The van der Waals surface area contributed by atoms with Gasteiger partial charge in [-0.25, -0.2) is 0 Å². The van der Waals surface area contributed by atoms with Gasteiger partial charge in [-0.05, 0) is 78.6 Å². The van der Waals surface area contributed by atoms with E-state index in [0.29, 0.717) is 18.1 Å². The van der Waals surface area contributed by atoms with Crippen LogP contribution in [0.4, 0.5) is 5.69 Å². The molecule has 6 heteroatoms. The Kier molecular flexibility index (Phi) is 9.46. The SMILES string of the molecule is CCC(CC(=O)O)c1cc(C)cc(NC(=S)NCCC(C)(CCO)c2ccccc2)c1. The number of aliphatic hydroxyl groups excluding tert-OH is 1. The number of aliphatic carboxylic acids is 1. The first-order chi connectivity index (χ1) is 14.8. The van der Waals surface area contributed by atoms with Crippen molar-refractivity contribution in [3.8, 4) is 0 Å². The van der Waals surface area contributed by atoms with Crippen molar-refractivity contribution >= 4 is 29.0 Å². The van der Waals surface area contributed by atoms with Crippen LogP contribution < -0.4 is 10.6 Å². The van der Waals surface area contributed by atoms with Crippen molar-refractivity contribution in [2.45, 2.75) is 57.8 Å². The Morgan fingerprint density at radius 2 is 1.87 bits per heavy atom. The molecule has 0 spiro atoms. The van der Waals surface area contributed by atoms with Crippen LogP contribution in [0.5, 0.6) is 0 Å². The summed E-state index contributed by atoms with van der Waals surface area (Å²) in [6, 6.07) is 16.3. The predicted molar refractivity (Wildman–Crippen MR) is 131 cm³/mol. The van der Waals surface area contributed by atoms with E-state index in [9.17, 15) is 15.0 Å². The number of anilines is 1. The van der Waals surface area contributed by atoms with E-state index >= 15 is 0 Å². The van der Waals surface area contributed by atoms with E-state index in [4.69, 9.17) is 12.2 Å². The van der Waals surface area contributed by atoms with E-state index in [1.165, 1.54) is 5.56 Å². The molecule has 2 aromatic rings. The molecule has 0 aliphatic rings. The molecule has 0 heterocycles. The van der Waals surface area contributed by atoms with Gasteiger partial charge in [-0.15, -0.1) is 0 Å². The van der Waals surface area contributed by atoms with E-state index in [-0.39, 0.29) is 24.4 Å². The number of nitrogens with one attached hydrogen (secondary N) is 2. The normalized spacial score (nSPS) is 13.8. The number of benzene rings is 2. The molecule has 5 nitrogen and oxygen atoms in total. The molecule has 0 bridgehead atoms. The second-order valence-corrected chi connectivity index (χ2v) is 8.77. The van der Waals surface area contributed by atoms with Crippen molar-refractivity contribution in [1.82, 2.24) is 5.32 Å². The minimum Gasteiger partial charge on any atom is -0.481 e. The molecular weight excluding hydrogens is 408 g/mol. The Morgan fingerprint density at radius 1 is 1.16 bits per heavy atom. The van der Waals surface area contributed by atoms with Gasteiger partial charge in [0.15, 0.2) is 5.11 Å². The third kappa shape index (κ3) is 7.64. The molecular formula is C25H34N2O3S. The molecule has 2 aromatic carbocycles. The number of carbonyl (C=O) groups is 1. The maximum absolute atomic E-state index is 11.2. The van der Waals surface area contributed by atoms with Crippen molar-refractivity contribution in [3.63, 3.8) is 0 Å². The zero-order valence-corrected chi connectivity index (χ0v) is 19.5. The van der Waals surface area contributed by atoms with E-state index in [0.717, 1.165) is 29.7 Å². The molecule has 2 rings (SSSR count). The van der Waals surface area contributed by atoms with Gasteiger partial charge < -0.3 is 20.8 Å². The highest BCUT2D eigenvalue weighted by molar-refractivity contribution is 7.80. The lowest BCUT2D eigenvalue weighted by Gasteiger charge is -2.30. The molecule has 0 radical (unpaired) electrons. The van der Waals surface area contributed by atoms with E-state index in [2.05, 4.69) is 29.7 Å². The van der Waals surface area contributed by atoms with Gasteiger partial charge in [-0.3, -0.25) is 4.79 Å². The Balaban J connectivity index is 2.00. The van der Waals surface area contributed by atoms with Crippen LogP contribution in [0.15, 0.2) is 48.5 Å². The molecule has 2 atom stereocenters. The highest BCUT2D eigenvalue weighted by Crippen LogP contribution is 2.31. The second kappa shape index (κ2) is 11.8. The summed E-state index contributed by atoms with van der Waals surface area (Å²) in [7, 11) is 0. The molecule has 4 N–H and O–H groups in total. The van der Waals surface area contributed by atoms with E-state index < -0.39 is 5.97 Å². The van der Waals surface area contributed by atoms with Crippen LogP contribution in [0, 0.1) is 6.92 Å². The molecule has 0 aliphatic heterocycles. The molecule has 0 saturated carbocycles. The van der Waals surface area contributed by atoms with Crippen LogP contribution in [0.3, 0.4) is 0 Å². The number of thiocarbonyl (C=S) groups is 1. The molecule has 168 valence electrons. The average molecular weight is 443 g/mol. The summed E-state index contributed by atoms with van der Waals surface area (Å²) in [4.78, 5) is 11.2. The first-order valence-corrected chi connectivity index (χ1v) is 11.2. The largest absolute Gasteiger partial charge is 0.481 e. The lowest BCUT2D eigenvalue weighted by Crippen LogP contribution is -2.34. The van der Waals surface area contributed by atoms with Crippen LogP contribution in [0.1, 0.15) is 62.1 Å². The van der Waals surface area contributed by atoms with Gasteiger partial charge in [-0.2, -0.15) is 0 Å². The maximum atomic E-state index is 11.2. The summed E-state index contributed by atoms with van der Waals surface area (Å²) in [5.41, 5.74) is 4.00. The fraction of sp³-hybridized carbons (Fsp3) is 0.440. The van der Waals surface area contributed by atoms with Crippen molar-refractivity contribution in [1.29, 1.82) is 0 Å². The van der Waals surface area contributed by atoms with Crippen molar-refractivity contribution in [2.75, 3.05) is 18.5 Å². The molecule has 31 heavy (non-hydrogen) atoms. The number of carboxylic acids is 1. The van der Waals surface area contributed by atoms with Crippen molar-refractivity contribution < 1.29 is 15.0 Å². The van der Waals surface area contributed by atoms with Crippen molar-refractivity contribution in [2.24, 2.45) is 0 Å². The zero-order valence-electron chi connectivity index (χ0n) is 18.6. The summed E-state index contributed by atoms with van der Waals surface area (Å²) in [6.45, 7) is 6.97. The van der Waals surface area contributed by atoms with Gasteiger partial charge in [0, 0.05) is 18.8 Å². The summed E-state index contributed by atoms with van der Waals surface area (Å²) >= 11 is 5.49. The molecule has 0 fully saturated rings. The molecule has 0 aliphatic carbocycles. The quantitative estimate of drug-likeness (QED) is 0.368. The summed E-state index contributed by atoms with van der Waals surface area (Å²) in [5, 5.41) is 25.8. The summed E-state index contributed by atoms with van der Waals surface area (Å²) in [5.74, 6) is -0.811. The molecule has 0 saturated heterocycles. The summed E-state index contributed by atoms with van der Waals surface area (Å²) < 4.78 is 0. The Hall–Kier alpha value is -2.44. The highest BCUT2D eigenvalue weighted by Gasteiger charge is 2.25. The predicted octanol–water partition coefficient (Wildman–Crippen LogP) is 4.98. The smallest absolute Gasteiger partial charge is 0.303 e. The van der Waals surface area contributed by atoms with E-state index in [1.807, 2.05) is 50.2 Å².